The summed E-state index contributed by atoms with van der Waals surface area (Å²) < 4.78 is 14.6. The summed E-state index contributed by atoms with van der Waals surface area (Å²) in [7, 11) is 0. The van der Waals surface area contributed by atoms with Crippen molar-refractivity contribution in [2.24, 2.45) is 0 Å². The predicted octanol–water partition coefficient (Wildman–Crippen LogP) is 3.25. The Morgan fingerprint density at radius 3 is 2.90 bits per heavy atom. The van der Waals surface area contributed by atoms with Crippen molar-refractivity contribution in [1.82, 2.24) is 10.5 Å². The minimum Gasteiger partial charge on any atom is -0.351 e. The van der Waals surface area contributed by atoms with Crippen LogP contribution in [0.15, 0.2) is 36.7 Å². The Bertz CT molecular complexity index is 652. The van der Waals surface area contributed by atoms with Crippen LogP contribution in [0.1, 0.15) is 17.3 Å². The highest BCUT2D eigenvalue weighted by Gasteiger charge is 2.13. The molecule has 0 spiro atoms. The molecule has 0 saturated heterocycles. The Labute approximate surface area is 135 Å². The van der Waals surface area contributed by atoms with Crippen LogP contribution in [0.4, 0.5) is 15.8 Å². The molecule has 0 unspecified atom stereocenters. The molecule has 7 heteroatoms. The molecule has 0 aliphatic carbocycles. The summed E-state index contributed by atoms with van der Waals surface area (Å²) in [5.41, 5.74) is 3.28. The van der Waals surface area contributed by atoms with Gasteiger partial charge in [0.25, 0.3) is 5.91 Å². The largest absolute Gasteiger partial charge is 0.351 e. The van der Waals surface area contributed by atoms with Crippen LogP contribution in [0, 0.1) is 9.39 Å². The summed E-state index contributed by atoms with van der Waals surface area (Å²) in [6.07, 6.45) is 2.94. The second kappa shape index (κ2) is 7.32. The van der Waals surface area contributed by atoms with Gasteiger partial charge >= 0.3 is 0 Å². The molecule has 0 bridgehead atoms. The maximum Gasteiger partial charge on any atom is 0.277 e. The van der Waals surface area contributed by atoms with Crippen LogP contribution in [0.2, 0.25) is 0 Å². The summed E-state index contributed by atoms with van der Waals surface area (Å²) in [5.74, 6) is -0.824. The smallest absolute Gasteiger partial charge is 0.277 e. The zero-order chi connectivity index (χ0) is 15.2. The second-order valence-corrected chi connectivity index (χ2v) is 5.28. The highest BCUT2D eigenvalue weighted by molar-refractivity contribution is 14.1. The number of hydroxylamine groups is 1. The molecular formula is C14H13FIN3O2. The first-order valence-electron chi connectivity index (χ1n) is 6.20. The first-order chi connectivity index (χ1) is 10.1. The fourth-order valence-corrected chi connectivity index (χ4v) is 2.07. The number of benzene rings is 1. The molecule has 2 N–H and O–H groups in total. The molecule has 21 heavy (non-hydrogen) atoms. The Morgan fingerprint density at radius 1 is 1.38 bits per heavy atom. The lowest BCUT2D eigenvalue weighted by Gasteiger charge is -2.12. The lowest BCUT2D eigenvalue weighted by molar-refractivity contribution is 0.0365. The second-order valence-electron chi connectivity index (χ2n) is 4.03. The average Bonchev–Trinajstić information content (AvgIpc) is 2.48. The van der Waals surface area contributed by atoms with E-state index in [4.69, 9.17) is 4.84 Å². The molecule has 2 aromatic rings. The van der Waals surface area contributed by atoms with E-state index >= 15 is 0 Å². The number of aromatic nitrogens is 1. The van der Waals surface area contributed by atoms with Gasteiger partial charge in [0, 0.05) is 9.77 Å². The van der Waals surface area contributed by atoms with Crippen LogP contribution in [0.5, 0.6) is 0 Å². The Kier molecular flexibility index (Phi) is 5.45. The number of carbonyl (C=O) groups is 1. The number of amides is 1. The zero-order valence-electron chi connectivity index (χ0n) is 11.2. The van der Waals surface area contributed by atoms with Gasteiger partial charge in [-0.3, -0.25) is 14.6 Å². The van der Waals surface area contributed by atoms with Crippen LogP contribution in [0.3, 0.4) is 0 Å². The molecule has 110 valence electrons. The molecule has 0 saturated carbocycles. The van der Waals surface area contributed by atoms with Crippen molar-refractivity contribution in [3.63, 3.8) is 0 Å². The van der Waals surface area contributed by atoms with E-state index in [0.717, 1.165) is 3.57 Å². The van der Waals surface area contributed by atoms with Gasteiger partial charge in [0.2, 0.25) is 0 Å². The van der Waals surface area contributed by atoms with Crippen LogP contribution in [-0.4, -0.2) is 17.5 Å². The van der Waals surface area contributed by atoms with E-state index in [1.165, 1.54) is 24.5 Å². The number of anilines is 2. The standard InChI is InChI=1S/C14H13FIN3O2/c1-2-21-19-14(20)10-5-6-17-8-13(10)18-12-4-3-9(16)7-11(12)15/h3-8,18H,2H2,1H3,(H,19,20). The van der Waals surface area contributed by atoms with Crippen LogP contribution in [0.25, 0.3) is 0 Å². The normalized spacial score (nSPS) is 10.2. The first-order valence-corrected chi connectivity index (χ1v) is 7.28. The summed E-state index contributed by atoms with van der Waals surface area (Å²) in [6, 6.07) is 6.30. The predicted molar refractivity (Wildman–Crippen MR) is 85.7 cm³/mol. The number of rotatable bonds is 5. The molecule has 1 heterocycles. The molecule has 0 aliphatic rings. The van der Waals surface area contributed by atoms with E-state index in [1.54, 1.807) is 19.1 Å². The van der Waals surface area contributed by atoms with E-state index in [0.29, 0.717) is 17.9 Å². The number of hydrogen-bond donors (Lipinski definition) is 2. The van der Waals surface area contributed by atoms with Gasteiger partial charge in [-0.1, -0.05) is 0 Å². The maximum atomic E-state index is 13.9. The molecule has 0 aliphatic heterocycles. The van der Waals surface area contributed by atoms with E-state index < -0.39 is 11.7 Å². The monoisotopic (exact) mass is 401 g/mol. The number of nitrogens with one attached hydrogen (secondary N) is 2. The zero-order valence-corrected chi connectivity index (χ0v) is 13.3. The molecule has 1 amide bonds. The van der Waals surface area contributed by atoms with Crippen molar-refractivity contribution in [2.75, 3.05) is 11.9 Å². The maximum absolute atomic E-state index is 13.9. The fraction of sp³-hybridized carbons (Fsp3) is 0.143. The molecule has 0 atom stereocenters. The summed E-state index contributed by atoms with van der Waals surface area (Å²) >= 11 is 2.02. The quantitative estimate of drug-likeness (QED) is 0.597. The van der Waals surface area contributed by atoms with Crippen molar-refractivity contribution in [3.8, 4) is 0 Å². The highest BCUT2D eigenvalue weighted by Crippen LogP contribution is 2.23. The molecule has 0 radical (unpaired) electrons. The van der Waals surface area contributed by atoms with E-state index in [-0.39, 0.29) is 5.69 Å². The van der Waals surface area contributed by atoms with Crippen molar-refractivity contribution >= 4 is 39.9 Å². The SMILES string of the molecule is CCONC(=O)c1ccncc1Nc1ccc(I)cc1F. The Hall–Kier alpha value is -1.74. The van der Waals surface area contributed by atoms with Crippen LogP contribution < -0.4 is 10.8 Å². The minimum absolute atomic E-state index is 0.272. The topological polar surface area (TPSA) is 63.2 Å². The van der Waals surface area contributed by atoms with Crippen LogP contribution >= 0.6 is 22.6 Å². The number of hydrogen-bond acceptors (Lipinski definition) is 4. The summed E-state index contributed by atoms with van der Waals surface area (Å²) in [4.78, 5) is 20.8. The van der Waals surface area contributed by atoms with Crippen molar-refractivity contribution in [2.45, 2.75) is 6.92 Å². The van der Waals surface area contributed by atoms with Gasteiger partial charge in [-0.05, 0) is 53.8 Å². The van der Waals surface area contributed by atoms with Crippen molar-refractivity contribution in [3.05, 3.63) is 51.6 Å². The number of pyridine rings is 1. The summed E-state index contributed by atoms with van der Waals surface area (Å²) in [5, 5.41) is 2.87. The first kappa shape index (κ1) is 15.6. The fourth-order valence-electron chi connectivity index (χ4n) is 1.62. The molecule has 2 rings (SSSR count). The Balaban J connectivity index is 2.26. The third kappa shape index (κ3) is 4.11. The van der Waals surface area contributed by atoms with E-state index in [2.05, 4.69) is 15.8 Å². The molecular weight excluding hydrogens is 388 g/mol. The third-order valence-electron chi connectivity index (χ3n) is 2.58. The minimum atomic E-state index is -0.423. The molecule has 1 aromatic heterocycles. The average molecular weight is 401 g/mol. The van der Waals surface area contributed by atoms with E-state index in [1.807, 2.05) is 22.6 Å². The van der Waals surface area contributed by atoms with Crippen molar-refractivity contribution in [1.29, 1.82) is 0 Å². The van der Waals surface area contributed by atoms with Gasteiger partial charge in [0.1, 0.15) is 5.82 Å². The van der Waals surface area contributed by atoms with Gasteiger partial charge in [-0.2, -0.15) is 0 Å². The highest BCUT2D eigenvalue weighted by atomic mass is 127. The van der Waals surface area contributed by atoms with Crippen molar-refractivity contribution < 1.29 is 14.0 Å². The lowest BCUT2D eigenvalue weighted by atomic mass is 10.2. The number of nitrogens with zero attached hydrogens (tertiary/aromatic N) is 1. The van der Waals surface area contributed by atoms with Gasteiger partial charge in [-0.15, -0.1) is 0 Å². The Morgan fingerprint density at radius 2 is 2.19 bits per heavy atom. The number of carbonyl (C=O) groups excluding carboxylic acids is 1. The number of halogens is 2. The molecule has 0 fully saturated rings. The van der Waals surface area contributed by atoms with E-state index in [9.17, 15) is 9.18 Å². The molecule has 5 nitrogen and oxygen atoms in total. The lowest BCUT2D eigenvalue weighted by Crippen LogP contribution is -2.24. The third-order valence-corrected chi connectivity index (χ3v) is 3.25. The van der Waals surface area contributed by atoms with Crippen LogP contribution in [-0.2, 0) is 4.84 Å². The van der Waals surface area contributed by atoms with Gasteiger partial charge < -0.3 is 5.32 Å². The summed E-state index contributed by atoms with van der Waals surface area (Å²) in [6.45, 7) is 2.11. The van der Waals surface area contributed by atoms with Gasteiger partial charge in [0.05, 0.1) is 29.7 Å². The van der Waals surface area contributed by atoms with Gasteiger partial charge in [0.15, 0.2) is 0 Å². The molecule has 1 aromatic carbocycles. The van der Waals surface area contributed by atoms with Gasteiger partial charge in [-0.25, -0.2) is 9.87 Å².